The number of nitrogens with zero attached hydrogens (tertiary/aromatic N) is 1. The van der Waals surface area contributed by atoms with Crippen LogP contribution in [0.15, 0.2) is 4.99 Å². The predicted octanol–water partition coefficient (Wildman–Crippen LogP) is 3.66. The Morgan fingerprint density at radius 1 is 1.27 bits per heavy atom. The lowest BCUT2D eigenvalue weighted by molar-refractivity contribution is -0.0835. The standard InChI is InChI=1S/C17H35N3O.HI/c1-13(2)9-10-19-16(18-6)20-12-14-8-7-11-21-15(14)17(3,4)5;/h13-15H,7-12H2,1-6H3,(H2,18,19,20);1H. The van der Waals surface area contributed by atoms with Gasteiger partial charge in [-0.2, -0.15) is 0 Å². The van der Waals surface area contributed by atoms with Crippen LogP contribution in [0.3, 0.4) is 0 Å². The van der Waals surface area contributed by atoms with E-state index in [4.69, 9.17) is 4.74 Å². The molecule has 2 N–H and O–H groups in total. The molecule has 0 amide bonds. The molecule has 132 valence electrons. The molecule has 1 rings (SSSR count). The Kier molecular flexibility index (Phi) is 10.7. The Hall–Kier alpha value is -0.0400. The molecule has 2 atom stereocenters. The molecule has 0 aliphatic carbocycles. The number of ether oxygens (including phenoxy) is 1. The van der Waals surface area contributed by atoms with Gasteiger partial charge < -0.3 is 15.4 Å². The van der Waals surface area contributed by atoms with Gasteiger partial charge in [0.1, 0.15) is 0 Å². The third-order valence-electron chi connectivity index (χ3n) is 4.07. The number of hydrogen-bond acceptors (Lipinski definition) is 2. The Balaban J connectivity index is 0.00000441. The van der Waals surface area contributed by atoms with Gasteiger partial charge in [0.15, 0.2) is 5.96 Å². The largest absolute Gasteiger partial charge is 0.377 e. The van der Waals surface area contributed by atoms with E-state index in [1.807, 2.05) is 7.05 Å². The fraction of sp³-hybridized carbons (Fsp3) is 0.941. The van der Waals surface area contributed by atoms with Crippen LogP contribution in [0.1, 0.15) is 53.9 Å². The molecule has 4 nitrogen and oxygen atoms in total. The maximum absolute atomic E-state index is 6.03. The molecule has 0 aromatic rings. The van der Waals surface area contributed by atoms with Gasteiger partial charge in [-0.3, -0.25) is 4.99 Å². The molecule has 5 heteroatoms. The zero-order valence-electron chi connectivity index (χ0n) is 15.2. The molecule has 1 aliphatic heterocycles. The summed E-state index contributed by atoms with van der Waals surface area (Å²) in [5.41, 5.74) is 0.196. The fourth-order valence-corrected chi connectivity index (χ4v) is 2.94. The number of halogens is 1. The Bertz CT molecular complexity index is 326. The SMILES string of the molecule is CN=C(NCCC(C)C)NCC1CCCOC1C(C)(C)C.I. The molecule has 0 saturated carbocycles. The van der Waals surface area contributed by atoms with Crippen molar-refractivity contribution in [1.29, 1.82) is 0 Å². The average Bonchev–Trinajstić information content (AvgIpc) is 2.41. The highest BCUT2D eigenvalue weighted by Gasteiger charge is 2.35. The maximum atomic E-state index is 6.03. The molecule has 1 saturated heterocycles. The summed E-state index contributed by atoms with van der Waals surface area (Å²) < 4.78 is 6.03. The van der Waals surface area contributed by atoms with E-state index in [0.717, 1.165) is 38.5 Å². The highest BCUT2D eigenvalue weighted by molar-refractivity contribution is 14.0. The van der Waals surface area contributed by atoms with E-state index in [2.05, 4.69) is 50.2 Å². The van der Waals surface area contributed by atoms with E-state index in [-0.39, 0.29) is 29.4 Å². The molecular formula is C17H36IN3O. The first-order chi connectivity index (χ1) is 9.84. The zero-order valence-corrected chi connectivity index (χ0v) is 17.6. The molecule has 0 radical (unpaired) electrons. The van der Waals surface area contributed by atoms with Crippen LogP contribution in [0.4, 0.5) is 0 Å². The van der Waals surface area contributed by atoms with Crippen molar-refractivity contribution in [2.24, 2.45) is 22.2 Å². The normalized spacial score (nSPS) is 23.1. The van der Waals surface area contributed by atoms with E-state index in [9.17, 15) is 0 Å². The van der Waals surface area contributed by atoms with Crippen LogP contribution in [0.25, 0.3) is 0 Å². The van der Waals surface area contributed by atoms with Crippen LogP contribution >= 0.6 is 24.0 Å². The molecule has 22 heavy (non-hydrogen) atoms. The lowest BCUT2D eigenvalue weighted by Gasteiger charge is -2.40. The summed E-state index contributed by atoms with van der Waals surface area (Å²) in [6.07, 6.45) is 3.89. The van der Waals surface area contributed by atoms with Crippen LogP contribution in [0.5, 0.6) is 0 Å². The molecule has 0 bridgehead atoms. The molecular weight excluding hydrogens is 389 g/mol. The van der Waals surface area contributed by atoms with Gasteiger partial charge in [-0.15, -0.1) is 24.0 Å². The van der Waals surface area contributed by atoms with Crippen molar-refractivity contribution in [1.82, 2.24) is 10.6 Å². The number of rotatable bonds is 5. The van der Waals surface area contributed by atoms with Gasteiger partial charge in [-0.05, 0) is 30.6 Å². The first-order valence-corrected chi connectivity index (χ1v) is 8.40. The second kappa shape index (κ2) is 10.7. The van der Waals surface area contributed by atoms with Crippen LogP contribution in [-0.2, 0) is 4.74 Å². The second-order valence-electron chi connectivity index (χ2n) is 7.62. The molecule has 1 aliphatic rings. The van der Waals surface area contributed by atoms with Crippen molar-refractivity contribution in [2.45, 2.75) is 60.0 Å². The number of nitrogens with one attached hydrogen (secondary N) is 2. The number of hydrogen-bond donors (Lipinski definition) is 2. The monoisotopic (exact) mass is 425 g/mol. The van der Waals surface area contributed by atoms with Gasteiger partial charge in [0.25, 0.3) is 0 Å². The van der Waals surface area contributed by atoms with Crippen molar-refractivity contribution in [2.75, 3.05) is 26.7 Å². The second-order valence-corrected chi connectivity index (χ2v) is 7.62. The highest BCUT2D eigenvalue weighted by Crippen LogP contribution is 2.33. The third-order valence-corrected chi connectivity index (χ3v) is 4.07. The maximum Gasteiger partial charge on any atom is 0.190 e. The minimum Gasteiger partial charge on any atom is -0.377 e. The van der Waals surface area contributed by atoms with Gasteiger partial charge in [-0.25, -0.2) is 0 Å². The molecule has 0 spiro atoms. The quantitative estimate of drug-likeness (QED) is 0.402. The van der Waals surface area contributed by atoms with Gasteiger partial charge in [0.05, 0.1) is 6.10 Å². The predicted molar refractivity (Wildman–Crippen MR) is 106 cm³/mol. The summed E-state index contributed by atoms with van der Waals surface area (Å²) in [7, 11) is 1.84. The number of aliphatic imine (C=N–C) groups is 1. The van der Waals surface area contributed by atoms with E-state index >= 15 is 0 Å². The lowest BCUT2D eigenvalue weighted by atomic mass is 9.78. The summed E-state index contributed by atoms with van der Waals surface area (Å²) in [5.74, 6) is 2.18. The van der Waals surface area contributed by atoms with Gasteiger partial charge in [0.2, 0.25) is 0 Å². The van der Waals surface area contributed by atoms with Gasteiger partial charge in [-0.1, -0.05) is 34.6 Å². The minimum atomic E-state index is 0. The van der Waals surface area contributed by atoms with Crippen molar-refractivity contribution in [3.63, 3.8) is 0 Å². The smallest absolute Gasteiger partial charge is 0.190 e. The van der Waals surface area contributed by atoms with Gasteiger partial charge >= 0.3 is 0 Å². The lowest BCUT2D eigenvalue weighted by Crippen LogP contribution is -2.47. The Morgan fingerprint density at radius 2 is 1.95 bits per heavy atom. The summed E-state index contributed by atoms with van der Waals surface area (Å²) in [5, 5.41) is 6.87. The third kappa shape index (κ3) is 7.99. The van der Waals surface area contributed by atoms with E-state index in [0.29, 0.717) is 17.9 Å². The average molecular weight is 425 g/mol. The molecule has 1 fully saturated rings. The van der Waals surface area contributed by atoms with Crippen LogP contribution in [0.2, 0.25) is 0 Å². The molecule has 2 unspecified atom stereocenters. The minimum absolute atomic E-state index is 0. The van der Waals surface area contributed by atoms with Crippen molar-refractivity contribution < 1.29 is 4.74 Å². The van der Waals surface area contributed by atoms with E-state index in [1.165, 1.54) is 6.42 Å². The summed E-state index contributed by atoms with van der Waals surface area (Å²) in [6.45, 7) is 14.1. The van der Waals surface area contributed by atoms with E-state index < -0.39 is 0 Å². The highest BCUT2D eigenvalue weighted by atomic mass is 127. The van der Waals surface area contributed by atoms with Crippen LogP contribution in [-0.4, -0.2) is 38.8 Å². The van der Waals surface area contributed by atoms with Gasteiger partial charge in [0, 0.05) is 32.7 Å². The molecule has 0 aromatic heterocycles. The topological polar surface area (TPSA) is 45.7 Å². The van der Waals surface area contributed by atoms with Crippen molar-refractivity contribution >= 4 is 29.9 Å². The Morgan fingerprint density at radius 3 is 2.50 bits per heavy atom. The fourth-order valence-electron chi connectivity index (χ4n) is 2.94. The summed E-state index contributed by atoms with van der Waals surface area (Å²) in [6, 6.07) is 0. The van der Waals surface area contributed by atoms with Crippen molar-refractivity contribution in [3.05, 3.63) is 0 Å². The molecule has 0 aromatic carbocycles. The zero-order chi connectivity index (χ0) is 15.9. The number of guanidine groups is 1. The first-order valence-electron chi connectivity index (χ1n) is 8.40. The first kappa shape index (κ1) is 22.0. The van der Waals surface area contributed by atoms with Crippen LogP contribution in [0, 0.1) is 17.3 Å². The van der Waals surface area contributed by atoms with E-state index in [1.54, 1.807) is 0 Å². The van der Waals surface area contributed by atoms with Crippen molar-refractivity contribution in [3.8, 4) is 0 Å². The Labute approximate surface area is 154 Å². The van der Waals surface area contributed by atoms with Crippen LogP contribution < -0.4 is 10.6 Å². The summed E-state index contributed by atoms with van der Waals surface area (Å²) >= 11 is 0. The molecule has 1 heterocycles. The summed E-state index contributed by atoms with van der Waals surface area (Å²) in [4.78, 5) is 4.31.